The molecule has 0 aromatic heterocycles. The molecule has 1 amide bonds. The van der Waals surface area contributed by atoms with Crippen molar-refractivity contribution in [3.8, 4) is 11.5 Å². The predicted molar refractivity (Wildman–Crippen MR) is 122 cm³/mol. The second-order valence-electron chi connectivity index (χ2n) is 10.3. The first kappa shape index (κ1) is 22.2. The summed E-state index contributed by atoms with van der Waals surface area (Å²) in [6, 6.07) is 13.6. The number of amides is 1. The molecule has 6 heteroatoms. The topological polar surface area (TPSA) is 67.8 Å². The number of halogens is 1. The lowest BCUT2D eigenvalue weighted by Crippen LogP contribution is -2.60. The van der Waals surface area contributed by atoms with Crippen LogP contribution in [-0.4, -0.2) is 30.3 Å². The van der Waals surface area contributed by atoms with Gasteiger partial charge in [0.15, 0.2) is 0 Å². The number of benzene rings is 2. The average Bonchev–Trinajstić information content (AvgIpc) is 2.78. The largest absolute Gasteiger partial charge is 0.497 e. The van der Waals surface area contributed by atoms with Crippen molar-refractivity contribution in [1.29, 1.82) is 0 Å². The van der Waals surface area contributed by atoms with Gasteiger partial charge in [-0.15, -0.1) is 0 Å². The Morgan fingerprint density at radius 2 is 1.70 bits per heavy atom. The van der Waals surface area contributed by atoms with E-state index in [-0.39, 0.29) is 17.8 Å². The molecule has 4 aliphatic rings. The van der Waals surface area contributed by atoms with Crippen molar-refractivity contribution in [2.75, 3.05) is 13.7 Å². The van der Waals surface area contributed by atoms with Crippen LogP contribution >= 0.6 is 0 Å². The lowest BCUT2D eigenvalue weighted by Gasteiger charge is -2.59. The van der Waals surface area contributed by atoms with E-state index >= 15 is 0 Å². The Labute approximate surface area is 194 Å². The molecule has 4 bridgehead atoms. The Morgan fingerprint density at radius 3 is 2.30 bits per heavy atom. The van der Waals surface area contributed by atoms with Gasteiger partial charge in [-0.05, 0) is 92.3 Å². The third-order valence-corrected chi connectivity index (χ3v) is 7.78. The van der Waals surface area contributed by atoms with Gasteiger partial charge in [0.1, 0.15) is 23.4 Å². The quantitative estimate of drug-likeness (QED) is 0.603. The van der Waals surface area contributed by atoms with Gasteiger partial charge < -0.3 is 19.9 Å². The monoisotopic (exact) mass is 453 g/mol. The summed E-state index contributed by atoms with van der Waals surface area (Å²) in [7, 11) is 1.61. The number of hydrogen-bond donors (Lipinski definition) is 2. The molecule has 5 nitrogen and oxygen atoms in total. The van der Waals surface area contributed by atoms with E-state index in [4.69, 9.17) is 9.47 Å². The van der Waals surface area contributed by atoms with Crippen LogP contribution in [0.5, 0.6) is 11.5 Å². The molecule has 2 aromatic rings. The molecular weight excluding hydrogens is 421 g/mol. The fourth-order valence-corrected chi connectivity index (χ4v) is 6.77. The summed E-state index contributed by atoms with van der Waals surface area (Å²) in [5, 5.41) is 14.1. The predicted octanol–water partition coefficient (Wildman–Crippen LogP) is 4.79. The fraction of sp³-hybridized carbons (Fsp3) is 0.519. The highest BCUT2D eigenvalue weighted by Crippen LogP contribution is 2.61. The summed E-state index contributed by atoms with van der Waals surface area (Å²) >= 11 is 0. The molecule has 4 fully saturated rings. The summed E-state index contributed by atoms with van der Waals surface area (Å²) in [5.41, 5.74) is -0.234. The summed E-state index contributed by atoms with van der Waals surface area (Å²) in [4.78, 5) is 13.3. The van der Waals surface area contributed by atoms with E-state index in [1.165, 1.54) is 12.1 Å². The van der Waals surface area contributed by atoms with Crippen LogP contribution in [0.1, 0.15) is 56.6 Å². The van der Waals surface area contributed by atoms with Gasteiger partial charge in [-0.3, -0.25) is 4.79 Å². The second kappa shape index (κ2) is 8.64. The van der Waals surface area contributed by atoms with E-state index in [2.05, 4.69) is 5.32 Å². The lowest BCUT2D eigenvalue weighted by molar-refractivity contribution is -0.178. The van der Waals surface area contributed by atoms with Crippen LogP contribution in [0.3, 0.4) is 0 Å². The van der Waals surface area contributed by atoms with Crippen molar-refractivity contribution in [3.05, 3.63) is 59.9 Å². The number of hydrogen-bond acceptors (Lipinski definition) is 4. The molecule has 2 aromatic carbocycles. The van der Waals surface area contributed by atoms with Gasteiger partial charge in [-0.25, -0.2) is 4.39 Å². The second-order valence-corrected chi connectivity index (χ2v) is 10.3. The molecule has 176 valence electrons. The highest BCUT2D eigenvalue weighted by Gasteiger charge is 2.60. The lowest BCUT2D eigenvalue weighted by atomic mass is 9.47. The number of ether oxygens (including phenoxy) is 2. The molecule has 6 rings (SSSR count). The van der Waals surface area contributed by atoms with E-state index in [0.29, 0.717) is 37.0 Å². The Morgan fingerprint density at radius 1 is 1.06 bits per heavy atom. The van der Waals surface area contributed by atoms with Crippen LogP contribution in [0.2, 0.25) is 0 Å². The van der Waals surface area contributed by atoms with Crippen molar-refractivity contribution >= 4 is 5.91 Å². The van der Waals surface area contributed by atoms with Gasteiger partial charge in [-0.1, -0.05) is 12.1 Å². The molecule has 0 aliphatic heterocycles. The average molecular weight is 454 g/mol. The van der Waals surface area contributed by atoms with Crippen LogP contribution in [0.15, 0.2) is 48.5 Å². The van der Waals surface area contributed by atoms with Crippen molar-refractivity contribution < 1.29 is 23.8 Å². The van der Waals surface area contributed by atoms with E-state index in [1.54, 1.807) is 19.2 Å². The van der Waals surface area contributed by atoms with Crippen molar-refractivity contribution in [3.63, 3.8) is 0 Å². The van der Waals surface area contributed by atoms with E-state index < -0.39 is 11.0 Å². The SMILES string of the molecule is COc1ccc(OC(CCNC(=O)C23CC4CC(CC(O)(C4)C2)C3)c2ccc(F)cc2)cc1. The van der Waals surface area contributed by atoms with Crippen LogP contribution in [0.4, 0.5) is 4.39 Å². The van der Waals surface area contributed by atoms with Gasteiger partial charge in [0.05, 0.1) is 18.1 Å². The highest BCUT2D eigenvalue weighted by atomic mass is 19.1. The number of methoxy groups -OCH3 is 1. The zero-order valence-corrected chi connectivity index (χ0v) is 19.1. The maximum atomic E-state index is 13.5. The molecule has 0 spiro atoms. The highest BCUT2D eigenvalue weighted by molar-refractivity contribution is 5.83. The first-order valence-electron chi connectivity index (χ1n) is 11.9. The number of aliphatic hydroxyl groups is 1. The zero-order chi connectivity index (χ0) is 23.1. The number of nitrogens with one attached hydrogen (secondary N) is 1. The van der Waals surface area contributed by atoms with Gasteiger partial charge in [0.25, 0.3) is 0 Å². The van der Waals surface area contributed by atoms with E-state index in [9.17, 15) is 14.3 Å². The van der Waals surface area contributed by atoms with Crippen molar-refractivity contribution in [1.82, 2.24) is 5.32 Å². The molecular formula is C27H32FNO4. The summed E-state index contributed by atoms with van der Waals surface area (Å²) in [6.45, 7) is 0.451. The van der Waals surface area contributed by atoms with Gasteiger partial charge in [0, 0.05) is 13.0 Å². The molecule has 4 aliphatic carbocycles. The Balaban J connectivity index is 1.25. The third-order valence-electron chi connectivity index (χ3n) is 7.78. The molecule has 4 saturated carbocycles. The Hall–Kier alpha value is -2.60. The minimum absolute atomic E-state index is 0.0670. The molecule has 2 N–H and O–H groups in total. The summed E-state index contributed by atoms with van der Waals surface area (Å²) < 4.78 is 24.9. The zero-order valence-electron chi connectivity index (χ0n) is 19.1. The van der Waals surface area contributed by atoms with Crippen LogP contribution in [-0.2, 0) is 4.79 Å². The Kier molecular flexibility index (Phi) is 5.81. The normalized spacial score (nSPS) is 30.6. The summed E-state index contributed by atoms with van der Waals surface area (Å²) in [5.74, 6) is 2.12. The molecule has 3 unspecified atom stereocenters. The smallest absolute Gasteiger partial charge is 0.226 e. The number of rotatable bonds is 8. The van der Waals surface area contributed by atoms with Gasteiger partial charge >= 0.3 is 0 Å². The minimum atomic E-state index is -0.657. The molecule has 3 atom stereocenters. The maximum Gasteiger partial charge on any atom is 0.226 e. The van der Waals surface area contributed by atoms with E-state index in [0.717, 1.165) is 43.4 Å². The third kappa shape index (κ3) is 4.58. The first-order chi connectivity index (χ1) is 15.9. The van der Waals surface area contributed by atoms with Gasteiger partial charge in [-0.2, -0.15) is 0 Å². The van der Waals surface area contributed by atoms with Crippen LogP contribution in [0.25, 0.3) is 0 Å². The Bertz CT molecular complexity index is 976. The fourth-order valence-electron chi connectivity index (χ4n) is 6.77. The molecule has 0 heterocycles. The molecule has 33 heavy (non-hydrogen) atoms. The maximum absolute atomic E-state index is 13.5. The standard InChI is InChI=1S/C27H32FNO4/c1-32-22-6-8-23(9-7-22)33-24(20-2-4-21(28)5-3-20)10-11-29-25(30)26-13-18-12-19(14-26)16-27(31,15-18)17-26/h2-9,18-19,24,31H,10-17H2,1H3,(H,29,30). The van der Waals surface area contributed by atoms with Gasteiger partial charge in [0.2, 0.25) is 5.91 Å². The minimum Gasteiger partial charge on any atom is -0.497 e. The number of carbonyl (C=O) groups is 1. The van der Waals surface area contributed by atoms with Crippen LogP contribution < -0.4 is 14.8 Å². The van der Waals surface area contributed by atoms with Crippen LogP contribution in [0, 0.1) is 23.1 Å². The van der Waals surface area contributed by atoms with E-state index in [1.807, 2.05) is 24.3 Å². The molecule has 0 radical (unpaired) electrons. The summed E-state index contributed by atoms with van der Waals surface area (Å²) in [6.07, 6.45) is 5.43. The van der Waals surface area contributed by atoms with Crippen molar-refractivity contribution in [2.45, 2.75) is 56.7 Å². The van der Waals surface area contributed by atoms with Crippen molar-refractivity contribution in [2.24, 2.45) is 17.3 Å². The molecule has 0 saturated heterocycles. The number of carbonyl (C=O) groups excluding carboxylic acids is 1. The first-order valence-corrected chi connectivity index (χ1v) is 11.9.